The molecule has 3 aliphatic rings. The van der Waals surface area contributed by atoms with Gasteiger partial charge in [0, 0.05) is 31.5 Å². The number of carbonyl (C=O) groups is 3. The highest BCUT2D eigenvalue weighted by atomic mass is 16.6. The molecule has 2 atom stereocenters. The van der Waals surface area contributed by atoms with Gasteiger partial charge in [-0.05, 0) is 35.1 Å². The number of aliphatic carboxylic acids is 1. The molecule has 2 N–H and O–H groups in total. The van der Waals surface area contributed by atoms with Crippen LogP contribution in [0.2, 0.25) is 0 Å². The molecule has 8 nitrogen and oxygen atoms in total. The summed E-state index contributed by atoms with van der Waals surface area (Å²) in [6.07, 6.45) is 0.931. The zero-order valence-electron chi connectivity index (χ0n) is 18.9. The number of hydrogen-bond acceptors (Lipinski definition) is 5. The highest BCUT2D eigenvalue weighted by molar-refractivity contribution is 5.91. The van der Waals surface area contributed by atoms with E-state index in [-0.39, 0.29) is 37.5 Å². The molecule has 5 rings (SSSR count). The zero-order chi connectivity index (χ0) is 23.7. The number of likely N-dealkylation sites (tertiary alicyclic amines) is 1. The summed E-state index contributed by atoms with van der Waals surface area (Å²) in [7, 11) is 0. The van der Waals surface area contributed by atoms with Crippen molar-refractivity contribution in [3.8, 4) is 11.1 Å². The summed E-state index contributed by atoms with van der Waals surface area (Å²) in [5, 5.41) is 12.0. The number of ether oxygens (including phenoxy) is 2. The van der Waals surface area contributed by atoms with Crippen molar-refractivity contribution < 1.29 is 29.0 Å². The third kappa shape index (κ3) is 4.03. The van der Waals surface area contributed by atoms with Crippen molar-refractivity contribution in [2.75, 3.05) is 26.4 Å². The first-order valence-corrected chi connectivity index (χ1v) is 11.7. The Bertz CT molecular complexity index is 1060. The van der Waals surface area contributed by atoms with Gasteiger partial charge in [0.25, 0.3) is 5.91 Å². The van der Waals surface area contributed by atoms with Crippen molar-refractivity contribution in [1.82, 2.24) is 10.2 Å². The largest absolute Gasteiger partial charge is 0.481 e. The molecular weight excluding hydrogens is 436 g/mol. The monoisotopic (exact) mass is 464 g/mol. The SMILES string of the molecule is O=C(O)CC1CCCN1C(=O)C1(NC(=O)OCC2c3ccccc3-c3ccccc32)CCOC1. The van der Waals surface area contributed by atoms with Crippen LogP contribution in [0.5, 0.6) is 0 Å². The normalized spacial score (nSPS) is 23.4. The van der Waals surface area contributed by atoms with E-state index >= 15 is 0 Å². The average Bonchev–Trinajstić information content (AvgIpc) is 3.55. The number of fused-ring (bicyclic) bond motifs is 3. The third-order valence-electron chi connectivity index (χ3n) is 7.16. The molecule has 2 aromatic rings. The molecule has 0 spiro atoms. The Morgan fingerprint density at radius 1 is 1.09 bits per heavy atom. The number of rotatable bonds is 6. The predicted molar refractivity (Wildman–Crippen MR) is 123 cm³/mol. The van der Waals surface area contributed by atoms with Crippen LogP contribution in [-0.4, -0.2) is 65.9 Å². The van der Waals surface area contributed by atoms with Gasteiger partial charge in [-0.2, -0.15) is 0 Å². The Morgan fingerprint density at radius 3 is 2.38 bits per heavy atom. The maximum atomic E-state index is 13.5. The number of nitrogens with zero attached hydrogens (tertiary/aromatic N) is 1. The molecule has 1 aliphatic carbocycles. The number of benzene rings is 2. The van der Waals surface area contributed by atoms with Crippen molar-refractivity contribution in [2.24, 2.45) is 0 Å². The lowest BCUT2D eigenvalue weighted by Gasteiger charge is -2.34. The van der Waals surface area contributed by atoms with Gasteiger partial charge in [0.05, 0.1) is 13.0 Å². The van der Waals surface area contributed by atoms with Gasteiger partial charge in [0.15, 0.2) is 0 Å². The predicted octanol–water partition coefficient (Wildman–Crippen LogP) is 3.15. The van der Waals surface area contributed by atoms with Crippen molar-refractivity contribution in [3.63, 3.8) is 0 Å². The lowest BCUT2D eigenvalue weighted by atomic mass is 9.96. The molecule has 178 valence electrons. The minimum atomic E-state index is -1.23. The molecule has 2 saturated heterocycles. The first kappa shape index (κ1) is 22.4. The second-order valence-corrected chi connectivity index (χ2v) is 9.23. The summed E-state index contributed by atoms with van der Waals surface area (Å²) in [4.78, 5) is 39.2. The van der Waals surface area contributed by atoms with Gasteiger partial charge >= 0.3 is 12.1 Å². The fraction of sp³-hybridized carbons (Fsp3) is 0.423. The maximum absolute atomic E-state index is 13.5. The smallest absolute Gasteiger partial charge is 0.408 e. The van der Waals surface area contributed by atoms with Crippen molar-refractivity contribution >= 4 is 18.0 Å². The topological polar surface area (TPSA) is 105 Å². The molecular formula is C26H28N2O6. The van der Waals surface area contributed by atoms with E-state index in [0.29, 0.717) is 26.0 Å². The molecule has 0 bridgehead atoms. The summed E-state index contributed by atoms with van der Waals surface area (Å²) in [5.41, 5.74) is 3.27. The Kier molecular flexibility index (Phi) is 6.00. The van der Waals surface area contributed by atoms with Crippen molar-refractivity contribution in [2.45, 2.75) is 43.2 Å². The third-order valence-corrected chi connectivity index (χ3v) is 7.16. The van der Waals surface area contributed by atoms with E-state index < -0.39 is 17.6 Å². The lowest BCUT2D eigenvalue weighted by molar-refractivity contribution is -0.142. The van der Waals surface area contributed by atoms with Gasteiger partial charge in [-0.1, -0.05) is 48.5 Å². The Hall–Kier alpha value is -3.39. The minimum absolute atomic E-state index is 0.0479. The number of carboxylic acids is 1. The molecule has 2 aliphatic heterocycles. The molecule has 0 saturated carbocycles. The quantitative estimate of drug-likeness (QED) is 0.681. The van der Waals surface area contributed by atoms with Crippen LogP contribution in [0.4, 0.5) is 4.79 Å². The molecule has 0 radical (unpaired) electrons. The number of carboxylic acid groups (broad SMARTS) is 1. The average molecular weight is 465 g/mol. The molecule has 2 fully saturated rings. The van der Waals surface area contributed by atoms with Crippen LogP contribution in [0.15, 0.2) is 48.5 Å². The van der Waals surface area contributed by atoms with Crippen LogP contribution in [0.1, 0.15) is 42.7 Å². The number of amides is 2. The van der Waals surface area contributed by atoms with Crippen molar-refractivity contribution in [1.29, 1.82) is 0 Å². The minimum Gasteiger partial charge on any atom is -0.481 e. The zero-order valence-corrected chi connectivity index (χ0v) is 18.9. The van der Waals surface area contributed by atoms with E-state index in [2.05, 4.69) is 17.4 Å². The number of carbonyl (C=O) groups excluding carboxylic acids is 2. The lowest BCUT2D eigenvalue weighted by Crippen LogP contribution is -2.61. The van der Waals surface area contributed by atoms with Crippen molar-refractivity contribution in [3.05, 3.63) is 59.7 Å². The number of hydrogen-bond donors (Lipinski definition) is 2. The van der Waals surface area contributed by atoms with Crippen LogP contribution in [0.25, 0.3) is 11.1 Å². The second kappa shape index (κ2) is 9.10. The molecule has 8 heteroatoms. The van der Waals surface area contributed by atoms with Gasteiger partial charge < -0.3 is 24.8 Å². The summed E-state index contributed by atoms with van der Waals surface area (Å²) in [6.45, 7) is 1.01. The van der Waals surface area contributed by atoms with Crippen LogP contribution in [-0.2, 0) is 19.1 Å². The molecule has 2 unspecified atom stereocenters. The first-order valence-electron chi connectivity index (χ1n) is 11.7. The number of nitrogens with one attached hydrogen (secondary N) is 1. The molecule has 34 heavy (non-hydrogen) atoms. The fourth-order valence-corrected chi connectivity index (χ4v) is 5.51. The van der Waals surface area contributed by atoms with E-state index in [9.17, 15) is 19.5 Å². The van der Waals surface area contributed by atoms with Gasteiger partial charge in [-0.3, -0.25) is 9.59 Å². The maximum Gasteiger partial charge on any atom is 0.408 e. The first-order chi connectivity index (χ1) is 16.5. The standard InChI is InChI=1S/C26H28N2O6/c29-23(30)14-17-6-5-12-28(17)24(31)26(11-13-33-16-26)27-25(32)34-15-22-20-9-3-1-7-18(20)19-8-2-4-10-21(19)22/h1-4,7-10,17,22H,5-6,11-16H2,(H,27,32)(H,29,30). The molecule has 2 heterocycles. The van der Waals surface area contributed by atoms with Gasteiger partial charge in [-0.25, -0.2) is 4.79 Å². The highest BCUT2D eigenvalue weighted by Crippen LogP contribution is 2.44. The highest BCUT2D eigenvalue weighted by Gasteiger charge is 2.49. The molecule has 2 aromatic carbocycles. The Balaban J connectivity index is 1.29. The summed E-state index contributed by atoms with van der Waals surface area (Å²) < 4.78 is 11.2. The Morgan fingerprint density at radius 2 is 1.76 bits per heavy atom. The van der Waals surface area contributed by atoms with Crippen LogP contribution in [0, 0.1) is 0 Å². The molecule has 0 aromatic heterocycles. The summed E-state index contributed by atoms with van der Waals surface area (Å²) in [6, 6.07) is 15.8. The Labute approximate surface area is 197 Å². The van der Waals surface area contributed by atoms with Crippen LogP contribution >= 0.6 is 0 Å². The van der Waals surface area contributed by atoms with Gasteiger partial charge in [0.1, 0.15) is 12.1 Å². The summed E-state index contributed by atoms with van der Waals surface area (Å²) in [5.74, 6) is -1.31. The number of alkyl carbamates (subject to hydrolysis) is 1. The van der Waals surface area contributed by atoms with E-state index in [0.717, 1.165) is 28.7 Å². The van der Waals surface area contributed by atoms with E-state index in [1.165, 1.54) is 0 Å². The van der Waals surface area contributed by atoms with Gasteiger partial charge in [-0.15, -0.1) is 0 Å². The molecule has 2 amide bonds. The van der Waals surface area contributed by atoms with Crippen LogP contribution < -0.4 is 5.32 Å². The van der Waals surface area contributed by atoms with E-state index in [1.54, 1.807) is 4.90 Å². The van der Waals surface area contributed by atoms with Gasteiger partial charge in [0.2, 0.25) is 0 Å². The van der Waals surface area contributed by atoms with E-state index in [1.807, 2.05) is 36.4 Å². The fourth-order valence-electron chi connectivity index (χ4n) is 5.51. The second-order valence-electron chi connectivity index (χ2n) is 9.23. The van der Waals surface area contributed by atoms with E-state index in [4.69, 9.17) is 9.47 Å². The summed E-state index contributed by atoms with van der Waals surface area (Å²) >= 11 is 0. The van der Waals surface area contributed by atoms with Crippen LogP contribution in [0.3, 0.4) is 0 Å².